The van der Waals surface area contributed by atoms with Crippen LogP contribution in [0.1, 0.15) is 9.67 Å². The Balaban J connectivity index is 2.39. The number of aldehydes is 1. The van der Waals surface area contributed by atoms with Crippen LogP contribution in [0.15, 0.2) is 36.4 Å². The van der Waals surface area contributed by atoms with E-state index in [0.717, 1.165) is 16.7 Å². The van der Waals surface area contributed by atoms with Gasteiger partial charge in [0.05, 0.1) is 4.88 Å². The van der Waals surface area contributed by atoms with Crippen molar-refractivity contribution in [2.24, 2.45) is 0 Å². The molecule has 2 aromatic rings. The number of carbonyl (C=O) groups excluding carboxylic acids is 1. The Kier molecular flexibility index (Phi) is 2.41. The summed E-state index contributed by atoms with van der Waals surface area (Å²) in [4.78, 5) is 12.1. The number of carbonyl (C=O) groups is 1. The van der Waals surface area contributed by atoms with Gasteiger partial charge in [-0.25, -0.2) is 4.39 Å². The lowest BCUT2D eigenvalue weighted by Crippen LogP contribution is -1.73. The molecule has 0 saturated heterocycles. The van der Waals surface area contributed by atoms with Crippen molar-refractivity contribution in [3.8, 4) is 10.4 Å². The molecular formula is C11H7FOS. The first-order valence-corrected chi connectivity index (χ1v) is 4.92. The number of thiophene rings is 1. The lowest BCUT2D eigenvalue weighted by molar-refractivity contribution is 0.112. The maximum atomic E-state index is 12.6. The summed E-state index contributed by atoms with van der Waals surface area (Å²) >= 11 is 1.40. The molecule has 1 heterocycles. The summed E-state index contributed by atoms with van der Waals surface area (Å²) in [5.74, 6) is -0.249. The van der Waals surface area contributed by atoms with Gasteiger partial charge in [-0.2, -0.15) is 0 Å². The van der Waals surface area contributed by atoms with Gasteiger partial charge in [0.25, 0.3) is 0 Å². The number of rotatable bonds is 2. The summed E-state index contributed by atoms with van der Waals surface area (Å²) in [6, 6.07) is 9.86. The monoisotopic (exact) mass is 206 g/mol. The second-order valence-corrected chi connectivity index (χ2v) is 3.94. The number of halogens is 1. The van der Waals surface area contributed by atoms with Crippen LogP contribution in [0.25, 0.3) is 10.4 Å². The minimum absolute atomic E-state index is 0.249. The molecule has 0 unspecified atom stereocenters. The predicted molar refractivity (Wildman–Crippen MR) is 55.1 cm³/mol. The molecule has 0 fully saturated rings. The minimum Gasteiger partial charge on any atom is -0.297 e. The van der Waals surface area contributed by atoms with E-state index in [1.165, 1.54) is 23.5 Å². The molecule has 0 aliphatic rings. The summed E-state index contributed by atoms with van der Waals surface area (Å²) in [6.07, 6.45) is 0.817. The minimum atomic E-state index is -0.249. The first kappa shape index (κ1) is 9.09. The molecule has 1 aromatic carbocycles. The zero-order chi connectivity index (χ0) is 9.97. The molecule has 0 aliphatic carbocycles. The van der Waals surface area contributed by atoms with Gasteiger partial charge in [-0.3, -0.25) is 4.79 Å². The highest BCUT2D eigenvalue weighted by Crippen LogP contribution is 2.27. The summed E-state index contributed by atoms with van der Waals surface area (Å²) in [5, 5.41) is 0. The second kappa shape index (κ2) is 3.72. The van der Waals surface area contributed by atoms with Crippen molar-refractivity contribution in [2.45, 2.75) is 0 Å². The number of hydrogen-bond acceptors (Lipinski definition) is 2. The van der Waals surface area contributed by atoms with Crippen LogP contribution in [0, 0.1) is 5.82 Å². The fraction of sp³-hybridized carbons (Fsp3) is 0. The van der Waals surface area contributed by atoms with E-state index < -0.39 is 0 Å². The lowest BCUT2D eigenvalue weighted by Gasteiger charge is -1.95. The van der Waals surface area contributed by atoms with E-state index in [1.807, 2.05) is 6.07 Å². The van der Waals surface area contributed by atoms with Crippen LogP contribution in [0.5, 0.6) is 0 Å². The Bertz CT molecular complexity index is 445. The van der Waals surface area contributed by atoms with E-state index in [0.29, 0.717) is 4.88 Å². The molecule has 2 rings (SSSR count). The normalized spacial score (nSPS) is 10.1. The second-order valence-electron chi connectivity index (χ2n) is 2.83. The quantitative estimate of drug-likeness (QED) is 0.688. The third-order valence-electron chi connectivity index (χ3n) is 1.87. The number of hydrogen-bond donors (Lipinski definition) is 0. The zero-order valence-corrected chi connectivity index (χ0v) is 8.05. The molecule has 70 valence electrons. The molecular weight excluding hydrogens is 199 g/mol. The Morgan fingerprint density at radius 1 is 1.07 bits per heavy atom. The van der Waals surface area contributed by atoms with E-state index in [2.05, 4.69) is 0 Å². The molecule has 1 nitrogen and oxygen atoms in total. The largest absolute Gasteiger partial charge is 0.297 e. The molecule has 0 N–H and O–H groups in total. The highest BCUT2D eigenvalue weighted by atomic mass is 32.1. The van der Waals surface area contributed by atoms with Gasteiger partial charge in [0.2, 0.25) is 0 Å². The van der Waals surface area contributed by atoms with Gasteiger partial charge >= 0.3 is 0 Å². The number of benzene rings is 1. The van der Waals surface area contributed by atoms with Crippen molar-refractivity contribution < 1.29 is 9.18 Å². The average molecular weight is 206 g/mol. The molecule has 0 aliphatic heterocycles. The fourth-order valence-electron chi connectivity index (χ4n) is 1.19. The summed E-state index contributed by atoms with van der Waals surface area (Å²) in [7, 11) is 0. The third-order valence-corrected chi connectivity index (χ3v) is 2.93. The Morgan fingerprint density at radius 3 is 2.36 bits per heavy atom. The van der Waals surface area contributed by atoms with Gasteiger partial charge < -0.3 is 0 Å². The topological polar surface area (TPSA) is 17.1 Å². The van der Waals surface area contributed by atoms with Gasteiger partial charge in [-0.15, -0.1) is 11.3 Å². The SMILES string of the molecule is O=Cc1ccc(-c2ccc(F)cc2)s1. The van der Waals surface area contributed by atoms with Crippen molar-refractivity contribution >= 4 is 17.6 Å². The molecule has 0 radical (unpaired) electrons. The first-order valence-electron chi connectivity index (χ1n) is 4.10. The summed E-state index contributed by atoms with van der Waals surface area (Å²) in [5.41, 5.74) is 0.935. The third kappa shape index (κ3) is 1.72. The van der Waals surface area contributed by atoms with E-state index in [9.17, 15) is 9.18 Å². The molecule has 0 amide bonds. The van der Waals surface area contributed by atoms with Crippen molar-refractivity contribution in [2.75, 3.05) is 0 Å². The molecule has 0 bridgehead atoms. The molecule has 0 spiro atoms. The van der Waals surface area contributed by atoms with Crippen LogP contribution in [-0.2, 0) is 0 Å². The van der Waals surface area contributed by atoms with Gasteiger partial charge in [-0.1, -0.05) is 12.1 Å². The van der Waals surface area contributed by atoms with Crippen LogP contribution >= 0.6 is 11.3 Å². The molecule has 14 heavy (non-hydrogen) atoms. The van der Waals surface area contributed by atoms with Crippen molar-refractivity contribution in [1.29, 1.82) is 0 Å². The highest BCUT2D eigenvalue weighted by Gasteiger charge is 2.01. The molecule has 0 atom stereocenters. The Labute approximate surface area is 84.8 Å². The van der Waals surface area contributed by atoms with E-state index in [-0.39, 0.29) is 5.82 Å². The summed E-state index contributed by atoms with van der Waals surface area (Å²) < 4.78 is 12.6. The van der Waals surface area contributed by atoms with E-state index in [1.54, 1.807) is 18.2 Å². The Hall–Kier alpha value is -1.48. The standard InChI is InChI=1S/C11H7FOS/c12-9-3-1-8(2-4-9)11-6-5-10(7-13)14-11/h1-7H. The van der Waals surface area contributed by atoms with Crippen molar-refractivity contribution in [3.05, 3.63) is 47.1 Å². The van der Waals surface area contributed by atoms with Crippen LogP contribution in [-0.4, -0.2) is 6.29 Å². The zero-order valence-electron chi connectivity index (χ0n) is 7.24. The van der Waals surface area contributed by atoms with Gasteiger partial charge in [0, 0.05) is 4.88 Å². The van der Waals surface area contributed by atoms with Gasteiger partial charge in [0.15, 0.2) is 6.29 Å². The van der Waals surface area contributed by atoms with E-state index in [4.69, 9.17) is 0 Å². The highest BCUT2D eigenvalue weighted by molar-refractivity contribution is 7.17. The van der Waals surface area contributed by atoms with Crippen molar-refractivity contribution in [3.63, 3.8) is 0 Å². The van der Waals surface area contributed by atoms with Gasteiger partial charge in [0.1, 0.15) is 5.82 Å². The smallest absolute Gasteiger partial charge is 0.160 e. The van der Waals surface area contributed by atoms with Crippen molar-refractivity contribution in [1.82, 2.24) is 0 Å². The summed E-state index contributed by atoms with van der Waals surface area (Å²) in [6.45, 7) is 0. The Morgan fingerprint density at radius 2 is 1.79 bits per heavy atom. The van der Waals surface area contributed by atoms with Crippen LogP contribution in [0.2, 0.25) is 0 Å². The van der Waals surface area contributed by atoms with Crippen LogP contribution in [0.4, 0.5) is 4.39 Å². The first-order chi connectivity index (χ1) is 6.79. The van der Waals surface area contributed by atoms with Gasteiger partial charge in [-0.05, 0) is 29.8 Å². The predicted octanol–water partition coefficient (Wildman–Crippen LogP) is 3.37. The molecule has 0 saturated carbocycles. The average Bonchev–Trinajstić information content (AvgIpc) is 2.67. The van der Waals surface area contributed by atoms with E-state index >= 15 is 0 Å². The maximum absolute atomic E-state index is 12.6. The maximum Gasteiger partial charge on any atom is 0.160 e. The lowest BCUT2D eigenvalue weighted by atomic mass is 10.2. The molecule has 1 aromatic heterocycles. The molecule has 3 heteroatoms. The van der Waals surface area contributed by atoms with Crippen LogP contribution in [0.3, 0.4) is 0 Å². The van der Waals surface area contributed by atoms with Crippen LogP contribution < -0.4 is 0 Å². The fourth-order valence-corrected chi connectivity index (χ4v) is 2.01.